The van der Waals surface area contributed by atoms with E-state index in [-0.39, 0.29) is 28.4 Å². The largest absolute Gasteiger partial charge is 0.316 e. The Bertz CT molecular complexity index is 630. The highest BCUT2D eigenvalue weighted by Crippen LogP contribution is 2.25. The Morgan fingerprint density at radius 1 is 1.45 bits per heavy atom. The van der Waals surface area contributed by atoms with Crippen LogP contribution in [-0.4, -0.2) is 33.0 Å². The molecular weight excluding hydrogens is 330 g/mol. The van der Waals surface area contributed by atoms with E-state index in [9.17, 15) is 18.5 Å². The van der Waals surface area contributed by atoms with Crippen molar-refractivity contribution in [2.75, 3.05) is 19.6 Å². The van der Waals surface area contributed by atoms with Crippen LogP contribution < -0.4 is 10.0 Å². The molecule has 2 N–H and O–H groups in total. The lowest BCUT2D eigenvalue weighted by atomic mass is 9.83. The highest BCUT2D eigenvalue weighted by atomic mass is 35.5. The van der Waals surface area contributed by atoms with Gasteiger partial charge in [0.25, 0.3) is 5.69 Å². The number of hydrogen-bond donors (Lipinski definition) is 2. The first-order valence-electron chi connectivity index (χ1n) is 6.77. The fraction of sp³-hybridized carbons (Fsp3) is 0.538. The van der Waals surface area contributed by atoms with E-state index in [1.807, 2.05) is 6.92 Å². The number of nitro benzene ring substituents is 1. The maximum absolute atomic E-state index is 12.2. The Kier molecular flexibility index (Phi) is 6.30. The molecule has 2 rings (SSSR count). The SMILES string of the molecule is CC1(CNS(=O)(=O)c2cccc([N+](=O)[O-])c2)CCCNC1.Cl. The van der Waals surface area contributed by atoms with Crippen LogP contribution in [0.1, 0.15) is 19.8 Å². The molecular formula is C13H20ClN3O4S. The maximum atomic E-state index is 12.2. The fourth-order valence-electron chi connectivity index (χ4n) is 2.39. The van der Waals surface area contributed by atoms with E-state index in [0.717, 1.165) is 32.0 Å². The first-order chi connectivity index (χ1) is 9.82. The summed E-state index contributed by atoms with van der Waals surface area (Å²) in [5.74, 6) is 0. The summed E-state index contributed by atoms with van der Waals surface area (Å²) >= 11 is 0. The summed E-state index contributed by atoms with van der Waals surface area (Å²) in [5, 5.41) is 14.0. The van der Waals surface area contributed by atoms with Gasteiger partial charge < -0.3 is 5.32 Å². The fourth-order valence-corrected chi connectivity index (χ4v) is 3.63. The molecule has 1 atom stereocenters. The molecule has 0 amide bonds. The van der Waals surface area contributed by atoms with Crippen molar-refractivity contribution in [1.29, 1.82) is 0 Å². The van der Waals surface area contributed by atoms with Gasteiger partial charge in [-0.05, 0) is 30.9 Å². The van der Waals surface area contributed by atoms with Gasteiger partial charge >= 0.3 is 0 Å². The number of non-ortho nitro benzene ring substituents is 1. The highest BCUT2D eigenvalue weighted by Gasteiger charge is 2.29. The first kappa shape index (κ1) is 18.8. The molecule has 7 nitrogen and oxygen atoms in total. The molecule has 1 aromatic carbocycles. The van der Waals surface area contributed by atoms with Crippen LogP contribution in [0.2, 0.25) is 0 Å². The van der Waals surface area contributed by atoms with Gasteiger partial charge in [-0.15, -0.1) is 12.4 Å². The van der Waals surface area contributed by atoms with E-state index in [2.05, 4.69) is 10.0 Å². The van der Waals surface area contributed by atoms with Crippen molar-refractivity contribution in [2.24, 2.45) is 5.41 Å². The third-order valence-corrected chi connectivity index (χ3v) is 5.11. The molecule has 0 saturated carbocycles. The molecule has 9 heteroatoms. The van der Waals surface area contributed by atoms with E-state index in [1.54, 1.807) is 0 Å². The van der Waals surface area contributed by atoms with Gasteiger partial charge in [-0.25, -0.2) is 13.1 Å². The number of nitrogens with zero attached hydrogens (tertiary/aromatic N) is 1. The van der Waals surface area contributed by atoms with Crippen LogP contribution in [0.4, 0.5) is 5.69 Å². The summed E-state index contributed by atoms with van der Waals surface area (Å²) in [6.45, 7) is 4.04. The number of sulfonamides is 1. The summed E-state index contributed by atoms with van der Waals surface area (Å²) in [6.07, 6.45) is 1.95. The molecule has 1 aliphatic rings. The third kappa shape index (κ3) is 4.64. The summed E-state index contributed by atoms with van der Waals surface area (Å²) in [7, 11) is -3.74. The predicted octanol–water partition coefficient (Wildman–Crippen LogP) is 1.68. The molecule has 22 heavy (non-hydrogen) atoms. The smallest absolute Gasteiger partial charge is 0.270 e. The predicted molar refractivity (Wildman–Crippen MR) is 85.7 cm³/mol. The van der Waals surface area contributed by atoms with E-state index in [0.29, 0.717) is 6.54 Å². The van der Waals surface area contributed by atoms with E-state index >= 15 is 0 Å². The van der Waals surface area contributed by atoms with Crippen molar-refractivity contribution in [1.82, 2.24) is 10.0 Å². The van der Waals surface area contributed by atoms with Gasteiger partial charge in [-0.2, -0.15) is 0 Å². The van der Waals surface area contributed by atoms with Crippen LogP contribution in [0.25, 0.3) is 0 Å². The lowest BCUT2D eigenvalue weighted by Gasteiger charge is -2.34. The number of hydrogen-bond acceptors (Lipinski definition) is 5. The lowest BCUT2D eigenvalue weighted by molar-refractivity contribution is -0.385. The van der Waals surface area contributed by atoms with E-state index in [1.165, 1.54) is 18.2 Å². The molecule has 1 unspecified atom stereocenters. The van der Waals surface area contributed by atoms with Crippen LogP contribution in [-0.2, 0) is 10.0 Å². The minimum atomic E-state index is -3.74. The molecule has 0 aromatic heterocycles. The zero-order valence-corrected chi connectivity index (χ0v) is 13.9. The second-order valence-electron chi connectivity index (χ2n) is 5.67. The average Bonchev–Trinajstić information content (AvgIpc) is 2.46. The van der Waals surface area contributed by atoms with E-state index in [4.69, 9.17) is 0 Å². The Morgan fingerprint density at radius 3 is 2.77 bits per heavy atom. The lowest BCUT2D eigenvalue weighted by Crippen LogP contribution is -2.45. The second kappa shape index (κ2) is 7.36. The van der Waals surface area contributed by atoms with Gasteiger partial charge in [0.2, 0.25) is 10.0 Å². The summed E-state index contributed by atoms with van der Waals surface area (Å²) in [5.41, 5.74) is -0.366. The van der Waals surface area contributed by atoms with Gasteiger partial charge in [-0.1, -0.05) is 13.0 Å². The van der Waals surface area contributed by atoms with Crippen molar-refractivity contribution in [3.8, 4) is 0 Å². The van der Waals surface area contributed by atoms with Crippen LogP contribution in [0, 0.1) is 15.5 Å². The molecule has 1 heterocycles. The topological polar surface area (TPSA) is 101 Å². The molecule has 1 aromatic rings. The van der Waals surface area contributed by atoms with Crippen molar-refractivity contribution in [3.63, 3.8) is 0 Å². The molecule has 124 valence electrons. The van der Waals surface area contributed by atoms with E-state index < -0.39 is 14.9 Å². The summed E-state index contributed by atoms with van der Waals surface area (Å²) in [6, 6.07) is 5.07. The molecule has 1 saturated heterocycles. The first-order valence-corrected chi connectivity index (χ1v) is 8.26. The number of rotatable bonds is 5. The minimum absolute atomic E-state index is 0. The standard InChI is InChI=1S/C13H19N3O4S.ClH/c1-13(6-3-7-14-9-13)10-15-21(19,20)12-5-2-4-11(8-12)16(17)18;/h2,4-5,8,14-15H,3,6-7,9-10H2,1H3;1H. The van der Waals surface area contributed by atoms with Crippen molar-refractivity contribution in [2.45, 2.75) is 24.7 Å². The van der Waals surface area contributed by atoms with Crippen LogP contribution >= 0.6 is 12.4 Å². The zero-order chi connectivity index (χ0) is 15.5. The number of nitrogens with one attached hydrogen (secondary N) is 2. The Morgan fingerprint density at radius 2 is 2.18 bits per heavy atom. The van der Waals surface area contributed by atoms with Gasteiger partial charge in [0, 0.05) is 25.2 Å². The Balaban J connectivity index is 0.00000242. The zero-order valence-electron chi connectivity index (χ0n) is 12.2. The summed E-state index contributed by atoms with van der Waals surface area (Å²) in [4.78, 5) is 10.0. The average molecular weight is 350 g/mol. The molecule has 1 fully saturated rings. The maximum Gasteiger partial charge on any atom is 0.270 e. The van der Waals surface area contributed by atoms with Gasteiger partial charge in [0.05, 0.1) is 9.82 Å². The molecule has 1 aliphatic heterocycles. The van der Waals surface area contributed by atoms with Crippen molar-refractivity contribution < 1.29 is 13.3 Å². The Labute approximate surface area is 136 Å². The quantitative estimate of drug-likeness (QED) is 0.622. The summed E-state index contributed by atoms with van der Waals surface area (Å²) < 4.78 is 27.0. The van der Waals surface area contributed by atoms with Crippen LogP contribution in [0.15, 0.2) is 29.2 Å². The van der Waals surface area contributed by atoms with Gasteiger partial charge in [0.1, 0.15) is 0 Å². The molecule has 0 radical (unpaired) electrons. The number of nitro groups is 1. The molecule has 0 aliphatic carbocycles. The number of piperidine rings is 1. The minimum Gasteiger partial charge on any atom is -0.316 e. The number of halogens is 1. The van der Waals surface area contributed by atoms with Crippen LogP contribution in [0.3, 0.4) is 0 Å². The third-order valence-electron chi connectivity index (χ3n) is 3.71. The van der Waals surface area contributed by atoms with Crippen LogP contribution in [0.5, 0.6) is 0 Å². The normalized spacial score (nSPS) is 21.9. The molecule has 0 spiro atoms. The molecule has 0 bridgehead atoms. The highest BCUT2D eigenvalue weighted by molar-refractivity contribution is 7.89. The van der Waals surface area contributed by atoms with Gasteiger partial charge in [-0.3, -0.25) is 10.1 Å². The number of benzene rings is 1. The monoisotopic (exact) mass is 349 g/mol. The van der Waals surface area contributed by atoms with Crippen molar-refractivity contribution >= 4 is 28.1 Å². The second-order valence-corrected chi connectivity index (χ2v) is 7.44. The van der Waals surface area contributed by atoms with Crippen molar-refractivity contribution in [3.05, 3.63) is 34.4 Å². The Hall–Kier alpha value is -1.22. The van der Waals surface area contributed by atoms with Gasteiger partial charge in [0.15, 0.2) is 0 Å².